The standard InChI is InChI=1S/C47H74N6O9/c1-13-30(6)41(51(9)46(58)39(28(2)3)50-45(57)40(29(4)5)52(10)47(59)62-27-33-21-23-35(48)24-22-33)37(60-11)26-38(54)53-25-17-20-36(53)43(61-12)31(7)44(56)49-32(8)42(55)34-18-15-14-16-19-34/h14-16,18-19,21-24,28-32,36-37,39-43,55H,13,17,20,25-27,48H2,1-12H3,(H,49,56)(H,50,57)/t30-,31+,32+,36-,37?,39-,40-,41-,42+,43+/m0/s1. The van der Waals surface area contributed by atoms with Crippen LogP contribution in [0.2, 0.25) is 0 Å². The molecule has 5 N–H and O–H groups in total. The normalized spacial score (nSPS) is 18.4. The third-order valence-electron chi connectivity index (χ3n) is 12.4. The number of rotatable bonds is 22. The number of likely N-dealkylation sites (tertiary alicyclic amines) is 1. The van der Waals surface area contributed by atoms with E-state index in [0.717, 1.165) is 12.0 Å². The van der Waals surface area contributed by atoms with E-state index in [9.17, 15) is 29.1 Å². The van der Waals surface area contributed by atoms with Gasteiger partial charge in [-0.2, -0.15) is 0 Å². The number of methoxy groups -OCH3 is 2. The van der Waals surface area contributed by atoms with Gasteiger partial charge in [0.25, 0.3) is 0 Å². The van der Waals surface area contributed by atoms with Crippen LogP contribution < -0.4 is 16.4 Å². The number of nitrogens with one attached hydrogen (secondary N) is 2. The minimum absolute atomic E-state index is 0.00367. The highest BCUT2D eigenvalue weighted by Gasteiger charge is 2.43. The summed E-state index contributed by atoms with van der Waals surface area (Å²) in [6, 6.07) is 12.7. The Kier molecular flexibility index (Phi) is 20.2. The summed E-state index contributed by atoms with van der Waals surface area (Å²) in [7, 11) is 6.24. The quantitative estimate of drug-likeness (QED) is 0.115. The van der Waals surface area contributed by atoms with E-state index in [2.05, 4.69) is 10.6 Å². The number of nitrogen functional groups attached to an aromatic ring is 1. The molecule has 1 saturated heterocycles. The Morgan fingerprint density at radius 1 is 0.855 bits per heavy atom. The van der Waals surface area contributed by atoms with Crippen molar-refractivity contribution in [1.29, 1.82) is 0 Å². The lowest BCUT2D eigenvalue weighted by atomic mass is 9.89. The molecule has 0 bridgehead atoms. The number of aliphatic hydroxyl groups excluding tert-OH is 1. The van der Waals surface area contributed by atoms with E-state index in [4.69, 9.17) is 19.9 Å². The predicted molar refractivity (Wildman–Crippen MR) is 239 cm³/mol. The molecular weight excluding hydrogens is 793 g/mol. The number of aliphatic hydroxyl groups is 1. The zero-order valence-corrected chi connectivity index (χ0v) is 39.0. The monoisotopic (exact) mass is 867 g/mol. The maximum atomic E-state index is 14.5. The van der Waals surface area contributed by atoms with E-state index in [0.29, 0.717) is 30.6 Å². The van der Waals surface area contributed by atoms with Gasteiger partial charge in [-0.3, -0.25) is 24.1 Å². The third kappa shape index (κ3) is 13.4. The summed E-state index contributed by atoms with van der Waals surface area (Å²) in [5, 5.41) is 16.8. The highest BCUT2D eigenvalue weighted by atomic mass is 16.6. The van der Waals surface area contributed by atoms with Gasteiger partial charge in [0.2, 0.25) is 23.6 Å². The van der Waals surface area contributed by atoms with Gasteiger partial charge >= 0.3 is 6.09 Å². The highest BCUT2D eigenvalue weighted by molar-refractivity contribution is 5.91. The summed E-state index contributed by atoms with van der Waals surface area (Å²) in [5.41, 5.74) is 7.80. The molecule has 1 fully saturated rings. The lowest BCUT2D eigenvalue weighted by molar-refractivity contribution is -0.148. The van der Waals surface area contributed by atoms with Gasteiger partial charge in [0.1, 0.15) is 18.7 Å². The molecule has 0 radical (unpaired) electrons. The number of ether oxygens (including phenoxy) is 3. The van der Waals surface area contributed by atoms with Gasteiger partial charge < -0.3 is 45.5 Å². The SMILES string of the molecule is CC[C@H](C)[C@@H](C(CC(=O)N1CCC[C@H]1[C@H](OC)[C@@H](C)C(=O)N[C@H](C)[C@@H](O)c1ccccc1)OC)N(C)C(=O)[C@@H](NC(=O)[C@H](C(C)C)N(C)C(=O)OCc1ccc(N)cc1)C(C)C. The van der Waals surface area contributed by atoms with Crippen molar-refractivity contribution in [2.45, 2.75) is 136 Å². The van der Waals surface area contributed by atoms with E-state index in [-0.39, 0.29) is 54.5 Å². The number of hydrogen-bond donors (Lipinski definition) is 4. The van der Waals surface area contributed by atoms with Crippen molar-refractivity contribution < 1.29 is 43.3 Å². The minimum atomic E-state index is -0.956. The maximum Gasteiger partial charge on any atom is 0.410 e. The highest BCUT2D eigenvalue weighted by Crippen LogP contribution is 2.30. The molecule has 15 nitrogen and oxygen atoms in total. The van der Waals surface area contributed by atoms with Gasteiger partial charge in [-0.25, -0.2) is 4.79 Å². The zero-order valence-electron chi connectivity index (χ0n) is 39.0. The third-order valence-corrected chi connectivity index (χ3v) is 12.4. The summed E-state index contributed by atoms with van der Waals surface area (Å²) >= 11 is 0. The number of hydrogen-bond acceptors (Lipinski definition) is 10. The summed E-state index contributed by atoms with van der Waals surface area (Å²) in [4.78, 5) is 74.2. The van der Waals surface area contributed by atoms with Gasteiger partial charge in [-0.05, 0) is 60.8 Å². The van der Waals surface area contributed by atoms with Gasteiger partial charge in [-0.1, -0.05) is 97.4 Å². The minimum Gasteiger partial charge on any atom is -0.445 e. The fraction of sp³-hybridized carbons (Fsp3) is 0.638. The van der Waals surface area contributed by atoms with Gasteiger partial charge in [0.05, 0.1) is 48.8 Å². The van der Waals surface area contributed by atoms with Gasteiger partial charge in [0.15, 0.2) is 0 Å². The van der Waals surface area contributed by atoms with Crippen molar-refractivity contribution in [3.8, 4) is 0 Å². The second-order valence-electron chi connectivity index (χ2n) is 17.6. The fourth-order valence-electron chi connectivity index (χ4n) is 8.55. The fourth-order valence-corrected chi connectivity index (χ4v) is 8.55. The summed E-state index contributed by atoms with van der Waals surface area (Å²) < 4.78 is 17.5. The molecule has 0 aliphatic carbocycles. The maximum absolute atomic E-state index is 14.5. The Hall–Kier alpha value is -4.73. The molecule has 0 saturated carbocycles. The number of nitrogens with zero attached hydrogens (tertiary/aromatic N) is 3. The molecule has 1 unspecified atom stereocenters. The number of carbonyl (C=O) groups is 5. The van der Waals surface area contributed by atoms with Crippen molar-refractivity contribution in [2.75, 3.05) is 40.6 Å². The molecule has 2 aromatic rings. The van der Waals surface area contributed by atoms with Crippen LogP contribution in [-0.4, -0.2) is 127 Å². The number of benzene rings is 2. The molecule has 10 atom stereocenters. The second-order valence-corrected chi connectivity index (χ2v) is 17.6. The Labute approximate surface area is 369 Å². The van der Waals surface area contributed by atoms with E-state index in [1.54, 1.807) is 67.1 Å². The van der Waals surface area contributed by atoms with Crippen LogP contribution in [0, 0.1) is 23.7 Å². The van der Waals surface area contributed by atoms with Crippen molar-refractivity contribution in [1.82, 2.24) is 25.3 Å². The van der Waals surface area contributed by atoms with Crippen LogP contribution in [-0.2, 0) is 40.0 Å². The summed E-state index contributed by atoms with van der Waals surface area (Å²) in [6.07, 6.45) is -0.909. The Morgan fingerprint density at radius 2 is 1.48 bits per heavy atom. The molecule has 5 amide bonds. The van der Waals surface area contributed by atoms with E-state index >= 15 is 0 Å². The molecule has 2 aromatic carbocycles. The van der Waals surface area contributed by atoms with Crippen LogP contribution in [0.5, 0.6) is 0 Å². The number of amides is 5. The first-order valence-electron chi connectivity index (χ1n) is 22.0. The van der Waals surface area contributed by atoms with Crippen molar-refractivity contribution in [3.63, 3.8) is 0 Å². The van der Waals surface area contributed by atoms with Crippen molar-refractivity contribution in [2.24, 2.45) is 23.7 Å². The zero-order chi connectivity index (χ0) is 46.4. The smallest absolute Gasteiger partial charge is 0.410 e. The Balaban J connectivity index is 1.75. The Morgan fingerprint density at radius 3 is 2.03 bits per heavy atom. The predicted octanol–water partition coefficient (Wildman–Crippen LogP) is 5.16. The van der Waals surface area contributed by atoms with Gasteiger partial charge in [-0.15, -0.1) is 0 Å². The number of nitrogens with two attached hydrogens (primary N) is 1. The van der Waals surface area contributed by atoms with Gasteiger partial charge in [0, 0.05) is 40.5 Å². The second kappa shape index (κ2) is 24.2. The molecule has 62 heavy (non-hydrogen) atoms. The molecule has 0 aromatic heterocycles. The first kappa shape index (κ1) is 51.6. The molecule has 0 spiro atoms. The molecule has 1 aliphatic rings. The summed E-state index contributed by atoms with van der Waals surface area (Å²) in [6.45, 7) is 15.3. The molecule has 3 rings (SSSR count). The average molecular weight is 867 g/mol. The van der Waals surface area contributed by atoms with Crippen LogP contribution in [0.15, 0.2) is 54.6 Å². The van der Waals surface area contributed by atoms with Crippen molar-refractivity contribution >= 4 is 35.4 Å². The first-order valence-corrected chi connectivity index (χ1v) is 22.0. The van der Waals surface area contributed by atoms with Crippen LogP contribution in [0.3, 0.4) is 0 Å². The van der Waals surface area contributed by atoms with E-state index < -0.39 is 60.4 Å². The molecular formula is C47H74N6O9. The molecule has 1 heterocycles. The van der Waals surface area contributed by atoms with E-state index in [1.165, 1.54) is 26.2 Å². The Bertz CT molecular complexity index is 1740. The van der Waals surface area contributed by atoms with E-state index in [1.807, 2.05) is 59.7 Å². The molecule has 15 heteroatoms. The van der Waals surface area contributed by atoms with Crippen LogP contribution in [0.1, 0.15) is 98.3 Å². The van der Waals surface area contributed by atoms with Crippen molar-refractivity contribution in [3.05, 3.63) is 65.7 Å². The molecule has 1 aliphatic heterocycles. The lowest BCUT2D eigenvalue weighted by Crippen LogP contribution is -2.60. The van der Waals surface area contributed by atoms with Crippen LogP contribution in [0.4, 0.5) is 10.5 Å². The summed E-state index contributed by atoms with van der Waals surface area (Å²) in [5.74, 6) is -2.72. The first-order chi connectivity index (χ1) is 29.3. The average Bonchev–Trinajstić information content (AvgIpc) is 3.74. The number of likely N-dealkylation sites (N-methyl/N-ethyl adjacent to an activating group) is 2. The number of anilines is 1. The van der Waals surface area contributed by atoms with Crippen LogP contribution >= 0.6 is 0 Å². The molecule has 346 valence electrons. The van der Waals surface area contributed by atoms with Crippen LogP contribution in [0.25, 0.3) is 0 Å². The largest absolute Gasteiger partial charge is 0.445 e. The lowest BCUT2D eigenvalue weighted by Gasteiger charge is -2.41. The number of carbonyl (C=O) groups excluding carboxylic acids is 5. The topological polar surface area (TPSA) is 193 Å².